The van der Waals surface area contributed by atoms with Gasteiger partial charge < -0.3 is 0 Å². The van der Waals surface area contributed by atoms with Crippen LogP contribution in [-0.2, 0) is 6.54 Å². The van der Waals surface area contributed by atoms with E-state index in [1.54, 1.807) is 0 Å². The molecule has 0 aliphatic carbocycles. The third-order valence-electron chi connectivity index (χ3n) is 2.76. The number of benzene rings is 1. The quantitative estimate of drug-likeness (QED) is 0.620. The molecule has 0 bridgehead atoms. The van der Waals surface area contributed by atoms with Crippen LogP contribution >= 0.6 is 0 Å². The van der Waals surface area contributed by atoms with Crippen LogP contribution in [0.5, 0.6) is 0 Å². The van der Waals surface area contributed by atoms with Gasteiger partial charge in [0, 0.05) is 23.1 Å². The molecule has 17 heavy (non-hydrogen) atoms. The van der Waals surface area contributed by atoms with E-state index in [9.17, 15) is 0 Å². The van der Waals surface area contributed by atoms with Crippen molar-refractivity contribution in [1.29, 1.82) is 0 Å². The maximum Gasteiger partial charge on any atom is 0.176 e. The molecule has 1 aromatic carbocycles. The smallest absolute Gasteiger partial charge is 0.176 e. The van der Waals surface area contributed by atoms with Crippen molar-refractivity contribution in [1.82, 2.24) is 10.2 Å². The Kier molecular flexibility index (Phi) is 2.50. The Morgan fingerprint density at radius 1 is 0.941 bits per heavy atom. The summed E-state index contributed by atoms with van der Waals surface area (Å²) < 4.78 is 2.13. The summed E-state index contributed by atoms with van der Waals surface area (Å²) in [5.41, 5.74) is 2.13. The fourth-order valence-electron chi connectivity index (χ4n) is 1.93. The van der Waals surface area contributed by atoms with Crippen LogP contribution in [0.15, 0.2) is 61.1 Å². The van der Waals surface area contributed by atoms with E-state index in [0.717, 1.165) is 12.1 Å². The van der Waals surface area contributed by atoms with Gasteiger partial charge in [0.25, 0.3) is 0 Å². The summed E-state index contributed by atoms with van der Waals surface area (Å²) in [5.74, 6) is 0. The third kappa shape index (κ3) is 1.99. The number of aromatic nitrogens is 3. The number of pyridine rings is 1. The zero-order valence-electron chi connectivity index (χ0n) is 9.32. The first-order chi connectivity index (χ1) is 8.43. The van der Waals surface area contributed by atoms with Gasteiger partial charge in [-0.25, -0.2) is 4.57 Å². The van der Waals surface area contributed by atoms with Gasteiger partial charge in [0.1, 0.15) is 0 Å². The van der Waals surface area contributed by atoms with Crippen molar-refractivity contribution in [2.45, 2.75) is 6.54 Å². The lowest BCUT2D eigenvalue weighted by Crippen LogP contribution is -2.33. The van der Waals surface area contributed by atoms with Gasteiger partial charge in [-0.3, -0.25) is 0 Å². The van der Waals surface area contributed by atoms with E-state index in [0.29, 0.717) is 0 Å². The SMILES string of the molecule is c1cc[n+](Cc2cnnc3ccccc23)cc1. The second kappa shape index (κ2) is 4.29. The van der Waals surface area contributed by atoms with E-state index in [4.69, 9.17) is 0 Å². The average molecular weight is 222 g/mol. The second-order valence-corrected chi connectivity index (χ2v) is 3.93. The molecule has 0 radical (unpaired) electrons. The molecule has 0 unspecified atom stereocenters. The molecule has 2 aromatic heterocycles. The Labute approximate surface area is 99.4 Å². The molecule has 0 saturated heterocycles. The highest BCUT2D eigenvalue weighted by atomic mass is 15.1. The summed E-state index contributed by atoms with van der Waals surface area (Å²) in [6, 6.07) is 14.1. The molecular weight excluding hydrogens is 210 g/mol. The standard InChI is InChI=1S/C14H12N3/c1-4-8-17(9-5-1)11-12-10-15-16-14-7-3-2-6-13(12)14/h1-10H,11H2/q+1. The van der Waals surface area contributed by atoms with Gasteiger partial charge in [0.15, 0.2) is 18.9 Å². The number of hydrogen-bond acceptors (Lipinski definition) is 2. The van der Waals surface area contributed by atoms with Crippen molar-refractivity contribution in [3.8, 4) is 0 Å². The summed E-state index contributed by atoms with van der Waals surface area (Å²) in [4.78, 5) is 0. The van der Waals surface area contributed by atoms with Crippen molar-refractivity contribution in [3.63, 3.8) is 0 Å². The monoisotopic (exact) mass is 222 g/mol. The molecule has 0 fully saturated rings. The van der Waals surface area contributed by atoms with Gasteiger partial charge in [-0.2, -0.15) is 10.2 Å². The minimum atomic E-state index is 0.816. The van der Waals surface area contributed by atoms with E-state index in [1.165, 1.54) is 10.9 Å². The normalized spacial score (nSPS) is 10.6. The maximum absolute atomic E-state index is 4.12. The fourth-order valence-corrected chi connectivity index (χ4v) is 1.93. The van der Waals surface area contributed by atoms with E-state index in [2.05, 4.69) is 33.2 Å². The van der Waals surface area contributed by atoms with Crippen molar-refractivity contribution in [2.75, 3.05) is 0 Å². The first kappa shape index (κ1) is 9.90. The van der Waals surface area contributed by atoms with E-state index in [-0.39, 0.29) is 0 Å². The Balaban J connectivity index is 2.06. The summed E-state index contributed by atoms with van der Waals surface area (Å²) in [7, 11) is 0. The van der Waals surface area contributed by atoms with Crippen LogP contribution < -0.4 is 4.57 Å². The lowest BCUT2D eigenvalue weighted by molar-refractivity contribution is -0.688. The minimum absolute atomic E-state index is 0.816. The average Bonchev–Trinajstić information content (AvgIpc) is 2.40. The first-order valence-corrected chi connectivity index (χ1v) is 5.57. The van der Waals surface area contributed by atoms with Crippen LogP contribution in [0.3, 0.4) is 0 Å². The highest BCUT2D eigenvalue weighted by Gasteiger charge is 2.06. The predicted octanol–water partition coefficient (Wildman–Crippen LogP) is 1.97. The molecule has 0 saturated carbocycles. The molecule has 2 heterocycles. The molecule has 3 nitrogen and oxygen atoms in total. The Morgan fingerprint density at radius 3 is 2.65 bits per heavy atom. The molecule has 3 rings (SSSR count). The molecule has 0 spiro atoms. The molecular formula is C14H12N3+. The van der Waals surface area contributed by atoms with Gasteiger partial charge in [0.2, 0.25) is 0 Å². The predicted molar refractivity (Wildman–Crippen MR) is 65.3 cm³/mol. The number of nitrogens with zero attached hydrogens (tertiary/aromatic N) is 3. The third-order valence-corrected chi connectivity index (χ3v) is 2.76. The van der Waals surface area contributed by atoms with Crippen LogP contribution in [0.2, 0.25) is 0 Å². The molecule has 3 heteroatoms. The van der Waals surface area contributed by atoms with Crippen molar-refractivity contribution >= 4 is 10.9 Å². The highest BCUT2D eigenvalue weighted by molar-refractivity contribution is 5.80. The minimum Gasteiger partial charge on any atom is -0.201 e. The lowest BCUT2D eigenvalue weighted by atomic mass is 10.1. The zero-order chi connectivity index (χ0) is 11.5. The van der Waals surface area contributed by atoms with Gasteiger partial charge in [-0.1, -0.05) is 24.3 Å². The van der Waals surface area contributed by atoms with E-state index >= 15 is 0 Å². The Hall–Kier alpha value is -2.29. The van der Waals surface area contributed by atoms with Crippen LogP contribution in [0.25, 0.3) is 10.9 Å². The largest absolute Gasteiger partial charge is 0.201 e. The lowest BCUT2D eigenvalue weighted by Gasteiger charge is -2.01. The molecule has 0 aliphatic heterocycles. The van der Waals surface area contributed by atoms with Crippen LogP contribution in [-0.4, -0.2) is 10.2 Å². The zero-order valence-corrected chi connectivity index (χ0v) is 9.32. The molecule has 82 valence electrons. The fraction of sp³-hybridized carbons (Fsp3) is 0.0714. The number of hydrogen-bond donors (Lipinski definition) is 0. The van der Waals surface area contributed by atoms with Crippen molar-refractivity contribution in [2.24, 2.45) is 0 Å². The van der Waals surface area contributed by atoms with E-state index in [1.807, 2.05) is 42.6 Å². The molecule has 3 aromatic rings. The van der Waals surface area contributed by atoms with Crippen molar-refractivity contribution in [3.05, 3.63) is 66.6 Å². The van der Waals surface area contributed by atoms with Crippen LogP contribution in [0.1, 0.15) is 5.56 Å². The highest BCUT2D eigenvalue weighted by Crippen LogP contribution is 2.14. The summed E-state index contributed by atoms with van der Waals surface area (Å²) >= 11 is 0. The topological polar surface area (TPSA) is 29.7 Å². The molecule has 0 aliphatic rings. The van der Waals surface area contributed by atoms with Gasteiger partial charge in [-0.15, -0.1) is 0 Å². The van der Waals surface area contributed by atoms with Gasteiger partial charge in [0.05, 0.1) is 11.7 Å². The summed E-state index contributed by atoms with van der Waals surface area (Å²) in [5, 5.41) is 9.34. The number of rotatable bonds is 2. The van der Waals surface area contributed by atoms with Crippen molar-refractivity contribution < 1.29 is 4.57 Å². The Bertz CT molecular complexity index is 630. The molecule has 0 atom stereocenters. The second-order valence-electron chi connectivity index (χ2n) is 3.93. The number of fused-ring (bicyclic) bond motifs is 1. The van der Waals surface area contributed by atoms with Crippen LogP contribution in [0, 0.1) is 0 Å². The van der Waals surface area contributed by atoms with Gasteiger partial charge in [-0.05, 0) is 6.07 Å². The van der Waals surface area contributed by atoms with Gasteiger partial charge >= 0.3 is 0 Å². The first-order valence-electron chi connectivity index (χ1n) is 5.57. The molecule has 0 amide bonds. The maximum atomic E-state index is 4.12. The molecule has 0 N–H and O–H groups in total. The Morgan fingerprint density at radius 2 is 1.76 bits per heavy atom. The summed E-state index contributed by atoms with van der Waals surface area (Å²) in [6.45, 7) is 0.816. The van der Waals surface area contributed by atoms with Crippen LogP contribution in [0.4, 0.5) is 0 Å². The summed E-state index contributed by atoms with van der Waals surface area (Å²) in [6.07, 6.45) is 5.94. The van der Waals surface area contributed by atoms with E-state index < -0.39 is 0 Å².